The summed E-state index contributed by atoms with van der Waals surface area (Å²) >= 11 is 0. The first-order chi connectivity index (χ1) is 14.8. The molecule has 2 aliphatic rings. The van der Waals surface area contributed by atoms with Gasteiger partial charge in [-0.2, -0.15) is 9.97 Å². The van der Waals surface area contributed by atoms with Gasteiger partial charge < -0.3 is 24.4 Å². The molecule has 2 fully saturated rings. The molecule has 2 aliphatic heterocycles. The van der Waals surface area contributed by atoms with Gasteiger partial charge in [0.05, 0.1) is 32.0 Å². The maximum absolute atomic E-state index is 10.1. The summed E-state index contributed by atoms with van der Waals surface area (Å²) in [4.78, 5) is 18.3. The molecule has 0 saturated carbocycles. The average Bonchev–Trinajstić information content (AvgIpc) is 3.30. The fraction of sp³-hybridized carbons (Fsp3) is 0.400. The van der Waals surface area contributed by atoms with Gasteiger partial charge in [0.25, 0.3) is 0 Å². The summed E-state index contributed by atoms with van der Waals surface area (Å²) in [6.45, 7) is 5.69. The van der Waals surface area contributed by atoms with Gasteiger partial charge in [0, 0.05) is 32.2 Å². The van der Waals surface area contributed by atoms with E-state index in [1.165, 1.54) is 0 Å². The summed E-state index contributed by atoms with van der Waals surface area (Å²) in [7, 11) is 0. The van der Waals surface area contributed by atoms with Gasteiger partial charge in [-0.3, -0.25) is 0 Å². The van der Waals surface area contributed by atoms with E-state index in [1.54, 1.807) is 29.2 Å². The predicted molar refractivity (Wildman–Crippen MR) is 110 cm³/mol. The molecule has 10 heteroatoms. The number of hydrogen-bond donors (Lipinski definition) is 1. The molecule has 0 radical (unpaired) electrons. The summed E-state index contributed by atoms with van der Waals surface area (Å²) < 4.78 is 12.6. The van der Waals surface area contributed by atoms with Crippen LogP contribution in [0.2, 0.25) is 0 Å². The molecular weight excluding hydrogens is 386 g/mol. The molecule has 5 rings (SSSR count). The lowest BCUT2D eigenvalue weighted by Gasteiger charge is -2.31. The van der Waals surface area contributed by atoms with E-state index in [9.17, 15) is 5.11 Å². The molecule has 1 N–H and O–H groups in total. The summed E-state index contributed by atoms with van der Waals surface area (Å²) in [5.41, 5.74) is 0.576. The highest BCUT2D eigenvalue weighted by atomic mass is 16.5. The first kappa shape index (κ1) is 18.8. The van der Waals surface area contributed by atoms with Gasteiger partial charge in [-0.15, -0.1) is 5.10 Å². The molecule has 0 bridgehead atoms. The van der Waals surface area contributed by atoms with Crippen molar-refractivity contribution in [1.82, 2.24) is 24.7 Å². The molecule has 0 amide bonds. The average molecular weight is 409 g/mol. The number of hydrogen-bond acceptors (Lipinski definition) is 9. The number of aromatic hydroxyl groups is 1. The van der Waals surface area contributed by atoms with Gasteiger partial charge in [-0.25, -0.2) is 9.67 Å². The number of aromatic nitrogens is 5. The number of ether oxygens (including phenoxy) is 2. The van der Waals surface area contributed by atoms with E-state index in [0.29, 0.717) is 49.6 Å². The smallest absolute Gasteiger partial charge is 0.229 e. The van der Waals surface area contributed by atoms with Crippen LogP contribution in [0.3, 0.4) is 0 Å². The Morgan fingerprint density at radius 3 is 2.23 bits per heavy atom. The van der Waals surface area contributed by atoms with Crippen LogP contribution in [0.4, 0.5) is 11.8 Å². The topological polar surface area (TPSA) is 102 Å². The molecular formula is C20H23N7O3. The highest BCUT2D eigenvalue weighted by Gasteiger charge is 2.21. The van der Waals surface area contributed by atoms with E-state index in [2.05, 4.69) is 19.9 Å². The van der Waals surface area contributed by atoms with E-state index < -0.39 is 0 Å². The number of para-hydroxylation sites is 1. The number of anilines is 2. The highest BCUT2D eigenvalue weighted by molar-refractivity contribution is 5.63. The van der Waals surface area contributed by atoms with Crippen molar-refractivity contribution >= 4 is 11.8 Å². The van der Waals surface area contributed by atoms with Crippen LogP contribution < -0.4 is 9.80 Å². The zero-order chi connectivity index (χ0) is 20.3. The molecule has 1 aromatic carbocycles. The summed E-state index contributed by atoms with van der Waals surface area (Å²) in [6.07, 6.45) is 1.61. The van der Waals surface area contributed by atoms with Crippen molar-refractivity contribution in [2.24, 2.45) is 0 Å². The molecule has 2 aromatic heterocycles. The lowest BCUT2D eigenvalue weighted by atomic mass is 10.2. The van der Waals surface area contributed by atoms with E-state index in [0.717, 1.165) is 32.0 Å². The lowest BCUT2D eigenvalue weighted by molar-refractivity contribution is 0.121. The van der Waals surface area contributed by atoms with Crippen LogP contribution in [-0.2, 0) is 9.47 Å². The number of phenolic OH excluding ortho intramolecular Hbond substituents is 1. The van der Waals surface area contributed by atoms with Crippen molar-refractivity contribution in [3.63, 3.8) is 0 Å². The lowest BCUT2D eigenvalue weighted by Crippen LogP contribution is -2.39. The largest absolute Gasteiger partial charge is 0.507 e. The SMILES string of the molecule is Oc1ccccc1-c1ncn(-c2cc(N3CCOCC3)nc(N3CCOCC3)n2)n1. The minimum absolute atomic E-state index is 0.140. The third kappa shape index (κ3) is 3.79. The Morgan fingerprint density at radius 1 is 0.833 bits per heavy atom. The standard InChI is InChI=1S/C20H23N7O3/c28-16-4-2-1-3-15(16)19-21-14-27(24-19)18-13-17(25-5-9-29-10-6-25)22-20(23-18)26-7-11-30-12-8-26/h1-4,13-14,28H,5-12H2. The minimum Gasteiger partial charge on any atom is -0.507 e. The van der Waals surface area contributed by atoms with Crippen LogP contribution in [0.25, 0.3) is 17.2 Å². The molecule has 0 aliphatic carbocycles. The third-order valence-electron chi connectivity index (χ3n) is 5.19. The zero-order valence-corrected chi connectivity index (χ0v) is 16.5. The van der Waals surface area contributed by atoms with Gasteiger partial charge in [-0.1, -0.05) is 12.1 Å². The first-order valence-electron chi connectivity index (χ1n) is 10.0. The molecule has 0 unspecified atom stereocenters. The van der Waals surface area contributed by atoms with Crippen molar-refractivity contribution < 1.29 is 14.6 Å². The predicted octanol–water partition coefficient (Wildman–Crippen LogP) is 1.10. The second-order valence-corrected chi connectivity index (χ2v) is 7.11. The molecule has 2 saturated heterocycles. The van der Waals surface area contributed by atoms with Crippen molar-refractivity contribution in [2.45, 2.75) is 0 Å². The Bertz CT molecular complexity index is 977. The van der Waals surface area contributed by atoms with Crippen molar-refractivity contribution in [3.8, 4) is 23.0 Å². The second kappa shape index (κ2) is 8.25. The Balaban J connectivity index is 1.53. The van der Waals surface area contributed by atoms with E-state index in [1.807, 2.05) is 12.1 Å². The molecule has 0 spiro atoms. The van der Waals surface area contributed by atoms with Crippen molar-refractivity contribution in [3.05, 3.63) is 36.7 Å². The van der Waals surface area contributed by atoms with E-state index in [4.69, 9.17) is 19.4 Å². The third-order valence-corrected chi connectivity index (χ3v) is 5.19. The van der Waals surface area contributed by atoms with Crippen LogP contribution in [0.15, 0.2) is 36.7 Å². The van der Waals surface area contributed by atoms with Crippen LogP contribution in [-0.4, -0.2) is 82.4 Å². The van der Waals surface area contributed by atoms with Crippen LogP contribution >= 0.6 is 0 Å². The number of morpholine rings is 2. The van der Waals surface area contributed by atoms with Gasteiger partial charge in [0.2, 0.25) is 5.95 Å². The fourth-order valence-electron chi connectivity index (χ4n) is 3.55. The number of nitrogens with zero attached hydrogens (tertiary/aromatic N) is 7. The van der Waals surface area contributed by atoms with Gasteiger partial charge >= 0.3 is 0 Å². The molecule has 3 aromatic rings. The summed E-state index contributed by atoms with van der Waals surface area (Å²) in [5, 5.41) is 14.7. The molecule has 4 heterocycles. The van der Waals surface area contributed by atoms with Crippen molar-refractivity contribution in [2.75, 3.05) is 62.4 Å². The molecule has 30 heavy (non-hydrogen) atoms. The Hall–Kier alpha value is -3.24. The monoisotopic (exact) mass is 409 g/mol. The maximum atomic E-state index is 10.1. The fourth-order valence-corrected chi connectivity index (χ4v) is 3.55. The van der Waals surface area contributed by atoms with E-state index >= 15 is 0 Å². The molecule has 0 atom stereocenters. The summed E-state index contributed by atoms with van der Waals surface area (Å²) in [5.74, 6) is 2.69. The second-order valence-electron chi connectivity index (χ2n) is 7.11. The quantitative estimate of drug-likeness (QED) is 0.679. The van der Waals surface area contributed by atoms with Gasteiger partial charge in [-0.05, 0) is 12.1 Å². The molecule has 156 valence electrons. The van der Waals surface area contributed by atoms with Crippen LogP contribution in [0.5, 0.6) is 5.75 Å². The Kier molecular flexibility index (Phi) is 5.16. The first-order valence-corrected chi connectivity index (χ1v) is 10.0. The van der Waals surface area contributed by atoms with Crippen molar-refractivity contribution in [1.29, 1.82) is 0 Å². The van der Waals surface area contributed by atoms with Crippen LogP contribution in [0, 0.1) is 0 Å². The minimum atomic E-state index is 0.140. The number of benzene rings is 1. The summed E-state index contributed by atoms with van der Waals surface area (Å²) in [6, 6.07) is 8.93. The normalized spacial score (nSPS) is 17.3. The van der Waals surface area contributed by atoms with Gasteiger partial charge in [0.1, 0.15) is 17.9 Å². The highest BCUT2D eigenvalue weighted by Crippen LogP contribution is 2.26. The Morgan fingerprint density at radius 2 is 1.50 bits per heavy atom. The van der Waals surface area contributed by atoms with Crippen LogP contribution in [0.1, 0.15) is 0 Å². The number of rotatable bonds is 4. The van der Waals surface area contributed by atoms with E-state index in [-0.39, 0.29) is 5.75 Å². The number of phenols is 1. The zero-order valence-electron chi connectivity index (χ0n) is 16.5. The molecule has 10 nitrogen and oxygen atoms in total. The maximum Gasteiger partial charge on any atom is 0.229 e. The Labute approximate surface area is 173 Å². The van der Waals surface area contributed by atoms with Gasteiger partial charge in [0.15, 0.2) is 11.6 Å².